The second-order valence-corrected chi connectivity index (χ2v) is 11.9. The molecule has 1 aliphatic heterocycles. The van der Waals surface area contributed by atoms with E-state index in [1.165, 1.54) is 4.90 Å². The van der Waals surface area contributed by atoms with Crippen LogP contribution in [0.2, 0.25) is 0 Å². The van der Waals surface area contributed by atoms with Gasteiger partial charge >= 0.3 is 6.09 Å². The maximum atomic E-state index is 13.3. The highest BCUT2D eigenvalue weighted by molar-refractivity contribution is 7.89. The quantitative estimate of drug-likeness (QED) is 0.647. The number of rotatable bonds is 5. The summed E-state index contributed by atoms with van der Waals surface area (Å²) >= 11 is 0. The third kappa shape index (κ3) is 5.67. The number of aryl methyl sites for hydroxylation is 1. The van der Waals surface area contributed by atoms with Gasteiger partial charge in [0.25, 0.3) is 5.91 Å². The van der Waals surface area contributed by atoms with Gasteiger partial charge in [-0.3, -0.25) is 4.79 Å². The van der Waals surface area contributed by atoms with Crippen molar-refractivity contribution in [1.82, 2.24) is 9.62 Å². The second kappa shape index (κ2) is 9.62. The maximum Gasteiger partial charge on any atom is 0.410 e. The van der Waals surface area contributed by atoms with Gasteiger partial charge in [-0.2, -0.15) is 0 Å². The third-order valence-electron chi connectivity index (χ3n) is 6.33. The lowest BCUT2D eigenvalue weighted by molar-refractivity contribution is 0.0291. The normalized spacial score (nSPS) is 17.8. The van der Waals surface area contributed by atoms with E-state index >= 15 is 0 Å². The van der Waals surface area contributed by atoms with Crippen LogP contribution >= 0.6 is 0 Å². The average molecular weight is 500 g/mol. The lowest BCUT2D eigenvalue weighted by atomic mass is 10.1. The van der Waals surface area contributed by atoms with Crippen molar-refractivity contribution in [3.8, 4) is 0 Å². The summed E-state index contributed by atoms with van der Waals surface area (Å²) in [5.41, 5.74) is 3.14. The first-order valence-corrected chi connectivity index (χ1v) is 13.4. The minimum Gasteiger partial charge on any atom is -0.444 e. The second-order valence-electron chi connectivity index (χ2n) is 10.2. The fourth-order valence-corrected chi connectivity index (χ4v) is 6.25. The highest BCUT2D eigenvalue weighted by atomic mass is 32.2. The molecule has 1 heterocycles. The van der Waals surface area contributed by atoms with Gasteiger partial charge in [0.15, 0.2) is 0 Å². The standard InChI is InChI=1S/C26H33N3O5S/c1-17-8-5-6-9-19(17)24(30)27-22-12-13-23(21-11-7-10-20(21)22)35(32,33)28-18-14-15-29(16-18)25(31)34-26(2,3)4/h5-6,8-9,12-13,18,28H,7,10-11,14-16H2,1-4H3,(H,27,30). The van der Waals surface area contributed by atoms with Gasteiger partial charge in [0.05, 0.1) is 4.90 Å². The summed E-state index contributed by atoms with van der Waals surface area (Å²) in [6.07, 6.45) is 2.25. The molecule has 2 aliphatic rings. The SMILES string of the molecule is Cc1ccccc1C(=O)Nc1ccc(S(=O)(=O)NC2CCN(C(=O)OC(C)(C)C)C2)c2c1CCC2. The van der Waals surface area contributed by atoms with E-state index in [0.717, 1.165) is 23.1 Å². The van der Waals surface area contributed by atoms with Crippen molar-refractivity contribution >= 4 is 27.7 Å². The van der Waals surface area contributed by atoms with Crippen LogP contribution in [0.3, 0.4) is 0 Å². The molecule has 2 amide bonds. The molecule has 2 aromatic rings. The minimum atomic E-state index is -3.80. The molecule has 0 spiro atoms. The van der Waals surface area contributed by atoms with Crippen LogP contribution in [0.4, 0.5) is 10.5 Å². The van der Waals surface area contributed by atoms with Gasteiger partial charge in [-0.05, 0) is 88.3 Å². The lowest BCUT2D eigenvalue weighted by Gasteiger charge is -2.24. The summed E-state index contributed by atoms with van der Waals surface area (Å²) in [6, 6.07) is 10.2. The summed E-state index contributed by atoms with van der Waals surface area (Å²) in [5.74, 6) is -0.209. The van der Waals surface area contributed by atoms with E-state index in [0.29, 0.717) is 37.1 Å². The number of carbonyl (C=O) groups excluding carboxylic acids is 2. The summed E-state index contributed by atoms with van der Waals surface area (Å²) < 4.78 is 34.8. The van der Waals surface area contributed by atoms with Gasteiger partial charge in [0, 0.05) is 30.4 Å². The number of amides is 2. The van der Waals surface area contributed by atoms with Gasteiger partial charge in [0.2, 0.25) is 10.0 Å². The Labute approximate surface area is 207 Å². The monoisotopic (exact) mass is 499 g/mol. The summed E-state index contributed by atoms with van der Waals surface area (Å²) in [6.45, 7) is 7.98. The number of nitrogens with zero attached hydrogens (tertiary/aromatic N) is 1. The average Bonchev–Trinajstić information content (AvgIpc) is 3.42. The van der Waals surface area contributed by atoms with Crippen LogP contribution in [-0.2, 0) is 27.6 Å². The smallest absolute Gasteiger partial charge is 0.410 e. The van der Waals surface area contributed by atoms with Gasteiger partial charge in [-0.1, -0.05) is 18.2 Å². The molecule has 1 aliphatic carbocycles. The molecule has 1 fully saturated rings. The first-order valence-electron chi connectivity index (χ1n) is 12.0. The number of sulfonamides is 1. The number of nitrogens with one attached hydrogen (secondary N) is 2. The van der Waals surface area contributed by atoms with Crippen LogP contribution in [0.25, 0.3) is 0 Å². The number of hydrogen-bond donors (Lipinski definition) is 2. The molecule has 0 bridgehead atoms. The Bertz CT molecular complexity index is 1250. The molecule has 8 nitrogen and oxygen atoms in total. The number of likely N-dealkylation sites (tertiary alicyclic amines) is 1. The number of fused-ring (bicyclic) bond motifs is 1. The van der Waals surface area contributed by atoms with Gasteiger partial charge in [-0.25, -0.2) is 17.9 Å². The van der Waals surface area contributed by atoms with E-state index in [2.05, 4.69) is 10.0 Å². The lowest BCUT2D eigenvalue weighted by Crippen LogP contribution is -2.40. The van der Waals surface area contributed by atoms with Crippen LogP contribution in [0.15, 0.2) is 41.3 Å². The highest BCUT2D eigenvalue weighted by Crippen LogP contribution is 2.34. The van der Waals surface area contributed by atoms with Gasteiger partial charge in [-0.15, -0.1) is 0 Å². The van der Waals surface area contributed by atoms with Crippen molar-refractivity contribution in [3.63, 3.8) is 0 Å². The number of hydrogen-bond acceptors (Lipinski definition) is 5. The zero-order valence-corrected chi connectivity index (χ0v) is 21.5. The van der Waals surface area contributed by atoms with Gasteiger partial charge < -0.3 is 15.0 Å². The maximum absolute atomic E-state index is 13.3. The molecule has 1 atom stereocenters. The predicted molar refractivity (Wildman–Crippen MR) is 134 cm³/mol. The Morgan fingerprint density at radius 2 is 1.77 bits per heavy atom. The largest absolute Gasteiger partial charge is 0.444 e. The Morgan fingerprint density at radius 1 is 1.06 bits per heavy atom. The summed E-state index contributed by atoms with van der Waals surface area (Å²) in [4.78, 5) is 27.0. The molecule has 4 rings (SSSR count). The van der Waals surface area contributed by atoms with E-state index < -0.39 is 21.7 Å². The van der Waals surface area contributed by atoms with Gasteiger partial charge in [0.1, 0.15) is 5.60 Å². The molecule has 0 radical (unpaired) electrons. The first-order chi connectivity index (χ1) is 16.4. The molecule has 0 saturated carbocycles. The molecule has 35 heavy (non-hydrogen) atoms. The molecular formula is C26H33N3O5S. The Kier molecular flexibility index (Phi) is 6.92. The van der Waals surface area contributed by atoms with Crippen molar-refractivity contribution in [1.29, 1.82) is 0 Å². The van der Waals surface area contributed by atoms with Crippen molar-refractivity contribution in [2.45, 2.75) is 69.9 Å². The predicted octanol–water partition coefficient (Wildman–Crippen LogP) is 4.02. The van der Waals surface area contributed by atoms with Crippen LogP contribution in [-0.4, -0.2) is 50.1 Å². The molecule has 2 aromatic carbocycles. The number of carbonyl (C=O) groups is 2. The fraction of sp³-hybridized carbons (Fsp3) is 0.462. The van der Waals surface area contributed by atoms with Crippen LogP contribution in [0, 0.1) is 6.92 Å². The number of anilines is 1. The third-order valence-corrected chi connectivity index (χ3v) is 7.94. The molecular weight excluding hydrogens is 466 g/mol. The molecule has 1 saturated heterocycles. The molecule has 0 aromatic heterocycles. The molecule has 2 N–H and O–H groups in total. The zero-order valence-electron chi connectivity index (χ0n) is 20.7. The van der Waals surface area contributed by atoms with Crippen LogP contribution in [0.5, 0.6) is 0 Å². The van der Waals surface area contributed by atoms with Crippen molar-refractivity contribution in [2.24, 2.45) is 0 Å². The van der Waals surface area contributed by atoms with E-state index in [-0.39, 0.29) is 23.4 Å². The number of benzene rings is 2. The van der Waals surface area contributed by atoms with Crippen molar-refractivity contribution in [2.75, 3.05) is 18.4 Å². The summed E-state index contributed by atoms with van der Waals surface area (Å²) in [7, 11) is -3.80. The Morgan fingerprint density at radius 3 is 2.49 bits per heavy atom. The topological polar surface area (TPSA) is 105 Å². The summed E-state index contributed by atoms with van der Waals surface area (Å²) in [5, 5.41) is 2.98. The van der Waals surface area contributed by atoms with E-state index in [1.807, 2.05) is 25.1 Å². The Balaban J connectivity index is 1.49. The van der Waals surface area contributed by atoms with E-state index in [9.17, 15) is 18.0 Å². The van der Waals surface area contributed by atoms with Crippen LogP contribution in [0.1, 0.15) is 60.7 Å². The van der Waals surface area contributed by atoms with E-state index in [4.69, 9.17) is 4.74 Å². The van der Waals surface area contributed by atoms with Crippen molar-refractivity contribution in [3.05, 3.63) is 58.7 Å². The van der Waals surface area contributed by atoms with Crippen LogP contribution < -0.4 is 10.0 Å². The molecule has 1 unspecified atom stereocenters. The van der Waals surface area contributed by atoms with E-state index in [1.54, 1.807) is 39.0 Å². The zero-order chi connectivity index (χ0) is 25.4. The number of ether oxygens (including phenoxy) is 1. The fourth-order valence-electron chi connectivity index (χ4n) is 4.69. The molecule has 188 valence electrons. The molecule has 9 heteroatoms. The van der Waals surface area contributed by atoms with Crippen molar-refractivity contribution < 1.29 is 22.7 Å². The minimum absolute atomic E-state index is 0.209. The highest BCUT2D eigenvalue weighted by Gasteiger charge is 2.34. The Hall–Kier alpha value is -2.91. The first kappa shape index (κ1) is 25.2.